The van der Waals surface area contributed by atoms with E-state index < -0.39 is 29.4 Å². The molecular formula is C16H26FNO4. The van der Waals surface area contributed by atoms with Crippen LogP contribution in [0.1, 0.15) is 48.0 Å². The summed E-state index contributed by atoms with van der Waals surface area (Å²) in [6.45, 7) is 10.7. The Morgan fingerprint density at radius 2 is 1.68 bits per heavy atom. The number of piperidine rings is 1. The monoisotopic (exact) mass is 315 g/mol. The van der Waals surface area contributed by atoms with Crippen molar-refractivity contribution in [2.75, 3.05) is 13.1 Å². The van der Waals surface area contributed by atoms with Crippen molar-refractivity contribution < 1.29 is 23.5 Å². The van der Waals surface area contributed by atoms with Gasteiger partial charge in [-0.1, -0.05) is 0 Å². The van der Waals surface area contributed by atoms with E-state index in [-0.39, 0.29) is 6.54 Å². The Kier molecular flexibility index (Phi) is 5.59. The molecule has 6 heteroatoms. The van der Waals surface area contributed by atoms with E-state index in [1.165, 1.54) is 11.0 Å². The molecule has 0 aromatic heterocycles. The van der Waals surface area contributed by atoms with Crippen LogP contribution in [0.2, 0.25) is 0 Å². The number of carbonyl (C=O) groups excluding carboxylic acids is 2. The standard InChI is InChI=1S/C16H26FNO4/c1-15(2,3)21-13(19)9-11-7-8-18(10-12(11)17)14(20)22-16(4,5)6/h9,12H,7-8,10H2,1-6H3/b11-9-. The number of halogens is 1. The van der Waals surface area contributed by atoms with E-state index in [2.05, 4.69) is 0 Å². The number of alkyl halides is 1. The van der Waals surface area contributed by atoms with Gasteiger partial charge in [-0.05, 0) is 53.5 Å². The Hall–Kier alpha value is -1.59. The Bertz CT molecular complexity index is 460. The minimum Gasteiger partial charge on any atom is -0.457 e. The molecule has 0 bridgehead atoms. The lowest BCUT2D eigenvalue weighted by atomic mass is 10.0. The molecular weight excluding hydrogens is 289 g/mol. The van der Waals surface area contributed by atoms with Gasteiger partial charge in [-0.15, -0.1) is 0 Å². The third-order valence-corrected chi connectivity index (χ3v) is 2.82. The molecule has 0 spiro atoms. The van der Waals surface area contributed by atoms with Gasteiger partial charge in [0.1, 0.15) is 17.4 Å². The summed E-state index contributed by atoms with van der Waals surface area (Å²) in [5.41, 5.74) is -0.874. The maximum Gasteiger partial charge on any atom is 0.410 e. The summed E-state index contributed by atoms with van der Waals surface area (Å²) in [7, 11) is 0. The first-order valence-electron chi connectivity index (χ1n) is 7.43. The lowest BCUT2D eigenvalue weighted by Gasteiger charge is -2.32. The topological polar surface area (TPSA) is 55.8 Å². The normalized spacial score (nSPS) is 21.7. The Morgan fingerprint density at radius 3 is 2.14 bits per heavy atom. The molecule has 0 N–H and O–H groups in total. The second-order valence-electron chi connectivity index (χ2n) is 7.40. The molecule has 1 amide bonds. The fourth-order valence-electron chi connectivity index (χ4n) is 1.96. The van der Waals surface area contributed by atoms with Crippen molar-refractivity contribution in [1.82, 2.24) is 4.90 Å². The van der Waals surface area contributed by atoms with Crippen LogP contribution < -0.4 is 0 Å². The number of carbonyl (C=O) groups is 2. The number of ether oxygens (including phenoxy) is 2. The van der Waals surface area contributed by atoms with Crippen LogP contribution in [-0.4, -0.2) is 47.4 Å². The van der Waals surface area contributed by atoms with Gasteiger partial charge in [-0.2, -0.15) is 0 Å². The van der Waals surface area contributed by atoms with Crippen LogP contribution in [0.4, 0.5) is 9.18 Å². The van der Waals surface area contributed by atoms with Gasteiger partial charge in [0.15, 0.2) is 0 Å². The zero-order chi connectivity index (χ0) is 17.1. The summed E-state index contributed by atoms with van der Waals surface area (Å²) >= 11 is 0. The van der Waals surface area contributed by atoms with Crippen molar-refractivity contribution in [2.24, 2.45) is 0 Å². The third kappa shape index (κ3) is 6.45. The maximum absolute atomic E-state index is 14.2. The first-order valence-corrected chi connectivity index (χ1v) is 7.43. The molecule has 126 valence electrons. The van der Waals surface area contributed by atoms with Gasteiger partial charge < -0.3 is 14.4 Å². The molecule has 0 radical (unpaired) electrons. The summed E-state index contributed by atoms with van der Waals surface area (Å²) in [6, 6.07) is 0. The van der Waals surface area contributed by atoms with Crippen LogP contribution in [0.5, 0.6) is 0 Å². The molecule has 1 unspecified atom stereocenters. The van der Waals surface area contributed by atoms with Gasteiger partial charge in [0, 0.05) is 12.6 Å². The minimum absolute atomic E-state index is 0.108. The molecule has 1 aliphatic rings. The molecule has 0 saturated carbocycles. The molecule has 1 aliphatic heterocycles. The molecule has 0 aromatic rings. The highest BCUT2D eigenvalue weighted by molar-refractivity contribution is 5.83. The van der Waals surface area contributed by atoms with Crippen LogP contribution in [0.3, 0.4) is 0 Å². The van der Waals surface area contributed by atoms with Gasteiger partial charge in [0.25, 0.3) is 0 Å². The number of esters is 1. The average Bonchev–Trinajstić information content (AvgIpc) is 2.26. The second-order valence-corrected chi connectivity index (χ2v) is 7.40. The van der Waals surface area contributed by atoms with Crippen molar-refractivity contribution in [3.63, 3.8) is 0 Å². The highest BCUT2D eigenvalue weighted by Gasteiger charge is 2.30. The lowest BCUT2D eigenvalue weighted by Crippen LogP contribution is -2.44. The van der Waals surface area contributed by atoms with Crippen LogP contribution >= 0.6 is 0 Å². The molecule has 1 saturated heterocycles. The third-order valence-electron chi connectivity index (χ3n) is 2.82. The fraction of sp³-hybridized carbons (Fsp3) is 0.750. The van der Waals surface area contributed by atoms with Gasteiger partial charge in [0.05, 0.1) is 6.54 Å². The number of likely N-dealkylation sites (tertiary alicyclic amines) is 1. The van der Waals surface area contributed by atoms with Crippen LogP contribution in [0, 0.1) is 0 Å². The van der Waals surface area contributed by atoms with Gasteiger partial charge in [0.2, 0.25) is 0 Å². The van der Waals surface area contributed by atoms with E-state index in [4.69, 9.17) is 9.47 Å². The predicted molar refractivity (Wildman–Crippen MR) is 81.2 cm³/mol. The quantitative estimate of drug-likeness (QED) is 0.550. The van der Waals surface area contributed by atoms with E-state index in [1.54, 1.807) is 41.5 Å². The maximum atomic E-state index is 14.2. The highest BCUT2D eigenvalue weighted by Crippen LogP contribution is 2.22. The summed E-state index contributed by atoms with van der Waals surface area (Å²) in [6.07, 6.45) is -0.428. The van der Waals surface area contributed by atoms with Gasteiger partial charge in [-0.25, -0.2) is 14.0 Å². The summed E-state index contributed by atoms with van der Waals surface area (Å²) < 4.78 is 24.5. The van der Waals surface area contributed by atoms with Gasteiger partial charge >= 0.3 is 12.1 Å². The zero-order valence-electron chi connectivity index (χ0n) is 14.2. The Labute approximate surface area is 131 Å². The summed E-state index contributed by atoms with van der Waals surface area (Å²) in [4.78, 5) is 24.9. The largest absolute Gasteiger partial charge is 0.457 e. The van der Waals surface area contributed by atoms with Crippen LogP contribution in [0.25, 0.3) is 0 Å². The Morgan fingerprint density at radius 1 is 1.14 bits per heavy atom. The van der Waals surface area contributed by atoms with E-state index in [1.807, 2.05) is 0 Å². The van der Waals surface area contributed by atoms with Crippen LogP contribution in [-0.2, 0) is 14.3 Å². The molecule has 5 nitrogen and oxygen atoms in total. The number of hydrogen-bond donors (Lipinski definition) is 0. The smallest absolute Gasteiger partial charge is 0.410 e. The highest BCUT2D eigenvalue weighted by atomic mass is 19.1. The average molecular weight is 315 g/mol. The fourth-order valence-corrected chi connectivity index (χ4v) is 1.96. The van der Waals surface area contributed by atoms with Crippen molar-refractivity contribution in [3.05, 3.63) is 11.6 Å². The van der Waals surface area contributed by atoms with Crippen LogP contribution in [0.15, 0.2) is 11.6 Å². The second kappa shape index (κ2) is 6.67. The Balaban J connectivity index is 2.63. The van der Waals surface area contributed by atoms with Crippen molar-refractivity contribution in [1.29, 1.82) is 0 Å². The summed E-state index contributed by atoms with van der Waals surface area (Å²) in [5.74, 6) is -0.559. The molecule has 0 aromatic carbocycles. The van der Waals surface area contributed by atoms with Gasteiger partial charge in [-0.3, -0.25) is 0 Å². The number of amides is 1. The molecule has 22 heavy (non-hydrogen) atoms. The van der Waals surface area contributed by atoms with E-state index in [0.29, 0.717) is 18.5 Å². The van der Waals surface area contributed by atoms with E-state index >= 15 is 0 Å². The zero-order valence-corrected chi connectivity index (χ0v) is 14.2. The molecule has 1 atom stereocenters. The summed E-state index contributed by atoms with van der Waals surface area (Å²) in [5, 5.41) is 0. The minimum atomic E-state index is -1.38. The predicted octanol–water partition coefficient (Wildman–Crippen LogP) is 3.23. The number of nitrogens with zero attached hydrogens (tertiary/aromatic N) is 1. The molecule has 1 rings (SSSR count). The number of hydrogen-bond acceptors (Lipinski definition) is 4. The van der Waals surface area contributed by atoms with Crippen molar-refractivity contribution >= 4 is 12.1 Å². The van der Waals surface area contributed by atoms with Crippen molar-refractivity contribution in [2.45, 2.75) is 65.3 Å². The first-order chi connectivity index (χ1) is 9.87. The number of rotatable bonds is 1. The molecule has 1 fully saturated rings. The van der Waals surface area contributed by atoms with E-state index in [9.17, 15) is 14.0 Å². The lowest BCUT2D eigenvalue weighted by molar-refractivity contribution is -0.148. The van der Waals surface area contributed by atoms with E-state index in [0.717, 1.165) is 0 Å². The molecule has 1 heterocycles. The molecule has 0 aliphatic carbocycles. The van der Waals surface area contributed by atoms with Crippen molar-refractivity contribution in [3.8, 4) is 0 Å². The first kappa shape index (κ1) is 18.5. The SMILES string of the molecule is CC(C)(C)OC(=O)/C=C1/CCN(C(=O)OC(C)(C)C)CC1F.